The van der Waals surface area contributed by atoms with E-state index in [1.54, 1.807) is 18.1 Å². The van der Waals surface area contributed by atoms with Crippen LogP contribution in [0.3, 0.4) is 0 Å². The predicted octanol–water partition coefficient (Wildman–Crippen LogP) is 2.77. The number of aromatic nitrogens is 2. The van der Waals surface area contributed by atoms with Gasteiger partial charge < -0.3 is 5.73 Å². The molecule has 0 radical (unpaired) electrons. The fraction of sp³-hybridized carbons (Fsp3) is 0.167. The van der Waals surface area contributed by atoms with E-state index < -0.39 is 0 Å². The minimum Gasteiger partial charge on any atom is -0.398 e. The van der Waals surface area contributed by atoms with E-state index in [1.807, 2.05) is 30.3 Å². The van der Waals surface area contributed by atoms with E-state index in [0.29, 0.717) is 0 Å². The number of nitrogen functional groups attached to an aromatic ring is 1. The Morgan fingerprint density at radius 3 is 2.81 bits per heavy atom. The summed E-state index contributed by atoms with van der Waals surface area (Å²) in [7, 11) is 0. The van der Waals surface area contributed by atoms with Gasteiger partial charge in [0, 0.05) is 16.3 Å². The molecule has 1 aromatic carbocycles. The Morgan fingerprint density at radius 1 is 1.25 bits per heavy atom. The topological polar surface area (TPSA) is 51.8 Å². The molecule has 16 heavy (non-hydrogen) atoms. The molecule has 4 heteroatoms. The first-order valence-electron chi connectivity index (χ1n) is 5.13. The summed E-state index contributed by atoms with van der Waals surface area (Å²) < 4.78 is 0. The van der Waals surface area contributed by atoms with Crippen molar-refractivity contribution >= 4 is 17.4 Å². The van der Waals surface area contributed by atoms with E-state index >= 15 is 0 Å². The monoisotopic (exact) mass is 231 g/mol. The zero-order chi connectivity index (χ0) is 11.4. The first kappa shape index (κ1) is 11.0. The lowest BCUT2D eigenvalue weighted by atomic mass is 10.3. The van der Waals surface area contributed by atoms with Crippen molar-refractivity contribution in [1.82, 2.24) is 9.97 Å². The van der Waals surface area contributed by atoms with Crippen molar-refractivity contribution in [2.24, 2.45) is 0 Å². The Morgan fingerprint density at radius 2 is 2.06 bits per heavy atom. The Kier molecular flexibility index (Phi) is 3.41. The highest BCUT2D eigenvalue weighted by Crippen LogP contribution is 2.30. The number of nitrogens with zero attached hydrogens (tertiary/aromatic N) is 2. The van der Waals surface area contributed by atoms with E-state index in [1.165, 1.54) is 0 Å². The number of rotatable bonds is 3. The summed E-state index contributed by atoms with van der Waals surface area (Å²) in [4.78, 5) is 9.42. The molecule has 1 heterocycles. The Labute approximate surface area is 99.1 Å². The fourth-order valence-electron chi connectivity index (χ4n) is 1.31. The lowest BCUT2D eigenvalue weighted by Crippen LogP contribution is -1.91. The van der Waals surface area contributed by atoms with Crippen LogP contribution in [0.25, 0.3) is 0 Å². The largest absolute Gasteiger partial charge is 0.398 e. The van der Waals surface area contributed by atoms with Crippen LogP contribution in [0.2, 0.25) is 0 Å². The second-order valence-corrected chi connectivity index (χ2v) is 4.40. The van der Waals surface area contributed by atoms with Crippen LogP contribution >= 0.6 is 11.8 Å². The first-order chi connectivity index (χ1) is 7.79. The molecule has 0 spiro atoms. The van der Waals surface area contributed by atoms with Crippen LogP contribution in [-0.4, -0.2) is 9.97 Å². The number of nitrogens with two attached hydrogens (primary N) is 1. The molecule has 0 saturated heterocycles. The van der Waals surface area contributed by atoms with E-state index in [2.05, 4.69) is 16.9 Å². The van der Waals surface area contributed by atoms with Crippen molar-refractivity contribution in [2.75, 3.05) is 5.73 Å². The Bertz CT molecular complexity index is 485. The minimum atomic E-state index is 0.782. The van der Waals surface area contributed by atoms with Gasteiger partial charge in [-0.3, -0.25) is 0 Å². The van der Waals surface area contributed by atoms with Gasteiger partial charge in [0.1, 0.15) is 11.4 Å². The number of hydrogen-bond acceptors (Lipinski definition) is 4. The second-order valence-electron chi connectivity index (χ2n) is 3.34. The van der Waals surface area contributed by atoms with E-state index in [9.17, 15) is 0 Å². The SMILES string of the molecule is CCc1cc(Sc2ccccc2N)ncn1. The molecule has 0 aliphatic rings. The maximum Gasteiger partial charge on any atom is 0.116 e. The summed E-state index contributed by atoms with van der Waals surface area (Å²) >= 11 is 1.57. The molecular weight excluding hydrogens is 218 g/mol. The second kappa shape index (κ2) is 4.99. The van der Waals surface area contributed by atoms with Crippen LogP contribution in [-0.2, 0) is 6.42 Å². The number of hydrogen-bond donors (Lipinski definition) is 1. The van der Waals surface area contributed by atoms with Gasteiger partial charge in [0.15, 0.2) is 0 Å². The van der Waals surface area contributed by atoms with Crippen LogP contribution in [0, 0.1) is 0 Å². The molecule has 0 atom stereocenters. The lowest BCUT2D eigenvalue weighted by Gasteiger charge is -2.04. The van der Waals surface area contributed by atoms with Gasteiger partial charge in [0.2, 0.25) is 0 Å². The molecule has 0 aliphatic heterocycles. The van der Waals surface area contributed by atoms with Crippen molar-refractivity contribution < 1.29 is 0 Å². The standard InChI is InChI=1S/C12H13N3S/c1-2-9-7-12(15-8-14-9)16-11-6-4-3-5-10(11)13/h3-8H,2,13H2,1H3. The predicted molar refractivity (Wildman–Crippen MR) is 66.4 cm³/mol. The van der Waals surface area contributed by atoms with Gasteiger partial charge in [-0.15, -0.1) is 0 Å². The van der Waals surface area contributed by atoms with Gasteiger partial charge in [-0.2, -0.15) is 0 Å². The average Bonchev–Trinajstić information content (AvgIpc) is 2.32. The zero-order valence-electron chi connectivity index (χ0n) is 9.05. The molecule has 2 N–H and O–H groups in total. The molecule has 3 nitrogen and oxygen atoms in total. The van der Waals surface area contributed by atoms with Crippen molar-refractivity contribution in [1.29, 1.82) is 0 Å². The van der Waals surface area contributed by atoms with Gasteiger partial charge in [-0.05, 0) is 24.6 Å². The lowest BCUT2D eigenvalue weighted by molar-refractivity contribution is 0.946. The molecule has 82 valence electrons. The molecule has 2 aromatic rings. The normalized spacial score (nSPS) is 10.3. The molecule has 0 unspecified atom stereocenters. The quantitative estimate of drug-likeness (QED) is 0.652. The summed E-state index contributed by atoms with van der Waals surface area (Å²) in [5, 5.41) is 0.935. The molecular formula is C12H13N3S. The number of anilines is 1. The number of benzene rings is 1. The zero-order valence-corrected chi connectivity index (χ0v) is 9.87. The van der Waals surface area contributed by atoms with E-state index in [4.69, 9.17) is 5.73 Å². The first-order valence-corrected chi connectivity index (χ1v) is 5.94. The smallest absolute Gasteiger partial charge is 0.116 e. The van der Waals surface area contributed by atoms with Gasteiger partial charge in [-0.1, -0.05) is 30.8 Å². The molecule has 1 aromatic heterocycles. The van der Waals surface area contributed by atoms with Crippen LogP contribution in [0.15, 0.2) is 46.6 Å². The van der Waals surface area contributed by atoms with Crippen molar-refractivity contribution in [3.8, 4) is 0 Å². The maximum atomic E-state index is 5.87. The highest BCUT2D eigenvalue weighted by Gasteiger charge is 2.03. The van der Waals surface area contributed by atoms with Crippen molar-refractivity contribution in [3.63, 3.8) is 0 Å². The van der Waals surface area contributed by atoms with Gasteiger partial charge in [0.05, 0.1) is 0 Å². The highest BCUT2D eigenvalue weighted by atomic mass is 32.2. The van der Waals surface area contributed by atoms with Gasteiger partial charge in [-0.25, -0.2) is 9.97 Å². The third-order valence-corrected chi connectivity index (χ3v) is 3.22. The van der Waals surface area contributed by atoms with Crippen molar-refractivity contribution in [2.45, 2.75) is 23.3 Å². The maximum absolute atomic E-state index is 5.87. The number of para-hydroxylation sites is 1. The van der Waals surface area contributed by atoms with Gasteiger partial charge in [0.25, 0.3) is 0 Å². The fourth-order valence-corrected chi connectivity index (χ4v) is 2.16. The number of aryl methyl sites for hydroxylation is 1. The van der Waals surface area contributed by atoms with Crippen LogP contribution in [0.4, 0.5) is 5.69 Å². The Balaban J connectivity index is 2.24. The van der Waals surface area contributed by atoms with E-state index in [-0.39, 0.29) is 0 Å². The molecule has 0 amide bonds. The molecule has 0 bridgehead atoms. The third kappa shape index (κ3) is 2.52. The summed E-state index contributed by atoms with van der Waals surface area (Å²) in [6, 6.07) is 9.78. The van der Waals surface area contributed by atoms with Crippen LogP contribution in [0.5, 0.6) is 0 Å². The molecule has 2 rings (SSSR count). The highest BCUT2D eigenvalue weighted by molar-refractivity contribution is 7.99. The average molecular weight is 231 g/mol. The third-order valence-electron chi connectivity index (χ3n) is 2.19. The van der Waals surface area contributed by atoms with Gasteiger partial charge >= 0.3 is 0 Å². The molecule has 0 aliphatic carbocycles. The van der Waals surface area contributed by atoms with Crippen LogP contribution < -0.4 is 5.73 Å². The molecule has 0 saturated carbocycles. The summed E-state index contributed by atoms with van der Waals surface area (Å²) in [6.07, 6.45) is 2.51. The molecule has 0 fully saturated rings. The van der Waals surface area contributed by atoms with E-state index in [0.717, 1.165) is 27.7 Å². The summed E-state index contributed by atoms with van der Waals surface area (Å²) in [6.45, 7) is 2.08. The Hall–Kier alpha value is -1.55. The van der Waals surface area contributed by atoms with Crippen LogP contribution in [0.1, 0.15) is 12.6 Å². The minimum absolute atomic E-state index is 0.782. The summed E-state index contributed by atoms with van der Waals surface area (Å²) in [5.74, 6) is 0. The van der Waals surface area contributed by atoms with Crippen molar-refractivity contribution in [3.05, 3.63) is 42.4 Å². The summed E-state index contributed by atoms with van der Waals surface area (Å²) in [5.41, 5.74) is 7.70.